The zero-order chi connectivity index (χ0) is 12.7. The number of rotatable bonds is 1. The summed E-state index contributed by atoms with van der Waals surface area (Å²) >= 11 is 3.41. The maximum absolute atomic E-state index is 6.14. The Morgan fingerprint density at radius 2 is 1.94 bits per heavy atom. The van der Waals surface area contributed by atoms with Gasteiger partial charge in [-0.3, -0.25) is 0 Å². The molecule has 2 N–H and O–H groups in total. The largest absolute Gasteiger partial charge is 0.383 e. The van der Waals surface area contributed by atoms with E-state index >= 15 is 0 Å². The van der Waals surface area contributed by atoms with Crippen LogP contribution >= 0.6 is 15.9 Å². The van der Waals surface area contributed by atoms with Crippen LogP contribution in [-0.2, 0) is 0 Å². The first-order valence-electron chi connectivity index (χ1n) is 5.38. The maximum Gasteiger partial charge on any atom is 0.254 e. The second-order valence-electron chi connectivity index (χ2n) is 3.94. The monoisotopic (exact) mass is 303 g/mol. The molecule has 0 aliphatic rings. The molecule has 18 heavy (non-hydrogen) atoms. The molecule has 0 bridgehead atoms. The number of aryl methyl sites for hydroxylation is 1. The summed E-state index contributed by atoms with van der Waals surface area (Å²) in [5, 5.41) is 4.07. The van der Waals surface area contributed by atoms with Crippen molar-refractivity contribution in [1.82, 2.24) is 19.6 Å². The molecule has 0 spiro atoms. The fraction of sp³-hybridized carbons (Fsp3) is 0.0833. The van der Waals surface area contributed by atoms with Gasteiger partial charge in [-0.15, -0.1) is 0 Å². The zero-order valence-electron chi connectivity index (χ0n) is 9.63. The van der Waals surface area contributed by atoms with Gasteiger partial charge in [-0.05, 0) is 24.6 Å². The van der Waals surface area contributed by atoms with Gasteiger partial charge in [0.2, 0.25) is 0 Å². The van der Waals surface area contributed by atoms with Gasteiger partial charge in [0, 0.05) is 10.0 Å². The van der Waals surface area contributed by atoms with E-state index in [2.05, 4.69) is 31.0 Å². The molecule has 2 heterocycles. The van der Waals surface area contributed by atoms with E-state index in [1.54, 1.807) is 4.52 Å². The van der Waals surface area contributed by atoms with E-state index < -0.39 is 0 Å². The highest BCUT2D eigenvalue weighted by molar-refractivity contribution is 9.10. The zero-order valence-corrected chi connectivity index (χ0v) is 11.2. The summed E-state index contributed by atoms with van der Waals surface area (Å²) in [5.74, 6) is 1.07. The van der Waals surface area contributed by atoms with Crippen molar-refractivity contribution in [3.8, 4) is 11.1 Å². The van der Waals surface area contributed by atoms with Crippen molar-refractivity contribution in [2.45, 2.75) is 6.92 Å². The second-order valence-corrected chi connectivity index (χ2v) is 4.85. The molecule has 5 nitrogen and oxygen atoms in total. The number of nitrogens with zero attached hydrogens (tertiary/aromatic N) is 4. The summed E-state index contributed by atoms with van der Waals surface area (Å²) in [6.45, 7) is 1.92. The SMILES string of the molecule is Cc1nc2ncnn2c(N)c1-c1ccc(Br)cc1. The van der Waals surface area contributed by atoms with Gasteiger partial charge in [0.05, 0.1) is 5.69 Å². The normalized spacial score (nSPS) is 11.0. The molecule has 0 saturated carbocycles. The molecule has 0 aliphatic carbocycles. The van der Waals surface area contributed by atoms with Crippen molar-refractivity contribution in [2.75, 3.05) is 5.73 Å². The number of hydrogen-bond acceptors (Lipinski definition) is 4. The van der Waals surface area contributed by atoms with Crippen molar-refractivity contribution >= 4 is 27.5 Å². The molecule has 0 amide bonds. The van der Waals surface area contributed by atoms with E-state index in [4.69, 9.17) is 5.73 Å². The molecule has 0 fully saturated rings. The minimum Gasteiger partial charge on any atom is -0.383 e. The summed E-state index contributed by atoms with van der Waals surface area (Å²) in [6.07, 6.45) is 1.45. The van der Waals surface area contributed by atoms with Gasteiger partial charge in [0.25, 0.3) is 5.78 Å². The van der Waals surface area contributed by atoms with Gasteiger partial charge >= 0.3 is 0 Å². The van der Waals surface area contributed by atoms with E-state index in [1.165, 1.54) is 6.33 Å². The minimum atomic E-state index is 0.519. The summed E-state index contributed by atoms with van der Waals surface area (Å²) in [6, 6.07) is 7.93. The fourth-order valence-corrected chi connectivity index (χ4v) is 2.22. The van der Waals surface area contributed by atoms with E-state index in [1.807, 2.05) is 31.2 Å². The standard InChI is InChI=1S/C12H10BrN5/c1-7-10(8-2-4-9(13)5-3-8)11(14)18-12(17-7)15-6-16-18/h2-6H,14H2,1H3. The molecule has 0 saturated heterocycles. The predicted octanol–water partition coefficient (Wildman–Crippen LogP) is 2.44. The van der Waals surface area contributed by atoms with Crippen LogP contribution in [-0.4, -0.2) is 19.6 Å². The van der Waals surface area contributed by atoms with Crippen molar-refractivity contribution in [3.05, 3.63) is 40.8 Å². The average Bonchev–Trinajstić information content (AvgIpc) is 2.80. The summed E-state index contributed by atoms with van der Waals surface area (Å²) < 4.78 is 2.57. The first kappa shape index (κ1) is 11.2. The van der Waals surface area contributed by atoms with Gasteiger partial charge in [-0.1, -0.05) is 28.1 Å². The molecule has 0 atom stereocenters. The molecule has 90 valence electrons. The second kappa shape index (κ2) is 4.06. The van der Waals surface area contributed by atoms with E-state index in [0.29, 0.717) is 11.6 Å². The van der Waals surface area contributed by atoms with Gasteiger partial charge in [-0.2, -0.15) is 14.6 Å². The van der Waals surface area contributed by atoms with E-state index in [-0.39, 0.29) is 0 Å². The highest BCUT2D eigenvalue weighted by atomic mass is 79.9. The van der Waals surface area contributed by atoms with E-state index in [0.717, 1.165) is 21.3 Å². The number of aromatic nitrogens is 4. The third-order valence-corrected chi connectivity index (χ3v) is 3.31. The van der Waals surface area contributed by atoms with Crippen LogP contribution in [0, 0.1) is 6.92 Å². The van der Waals surface area contributed by atoms with Crippen molar-refractivity contribution in [1.29, 1.82) is 0 Å². The molecule has 0 unspecified atom stereocenters. The lowest BCUT2D eigenvalue weighted by Gasteiger charge is -2.10. The van der Waals surface area contributed by atoms with Crippen LogP contribution < -0.4 is 5.73 Å². The molecule has 2 aromatic heterocycles. The van der Waals surface area contributed by atoms with Crippen LogP contribution in [0.4, 0.5) is 5.82 Å². The molecular formula is C12H10BrN5. The Kier molecular flexibility index (Phi) is 2.52. The van der Waals surface area contributed by atoms with Crippen LogP contribution in [0.15, 0.2) is 35.1 Å². The lowest BCUT2D eigenvalue weighted by molar-refractivity contribution is 0.944. The number of fused-ring (bicyclic) bond motifs is 1. The third-order valence-electron chi connectivity index (χ3n) is 2.78. The van der Waals surface area contributed by atoms with Crippen LogP contribution in [0.3, 0.4) is 0 Å². The quantitative estimate of drug-likeness (QED) is 0.749. The smallest absolute Gasteiger partial charge is 0.254 e. The van der Waals surface area contributed by atoms with Crippen LogP contribution in [0.2, 0.25) is 0 Å². The van der Waals surface area contributed by atoms with Crippen molar-refractivity contribution in [2.24, 2.45) is 0 Å². The first-order chi connectivity index (χ1) is 8.66. The maximum atomic E-state index is 6.14. The topological polar surface area (TPSA) is 69.1 Å². The number of anilines is 1. The number of hydrogen-bond donors (Lipinski definition) is 1. The number of benzene rings is 1. The van der Waals surface area contributed by atoms with Gasteiger partial charge in [0.1, 0.15) is 12.1 Å². The molecule has 3 rings (SSSR count). The molecular weight excluding hydrogens is 294 g/mol. The van der Waals surface area contributed by atoms with E-state index in [9.17, 15) is 0 Å². The molecule has 6 heteroatoms. The predicted molar refractivity (Wildman–Crippen MR) is 73.1 cm³/mol. The van der Waals surface area contributed by atoms with Crippen LogP contribution in [0.25, 0.3) is 16.9 Å². The Balaban J connectivity index is 2.30. The average molecular weight is 304 g/mol. The Labute approximate surface area is 112 Å². The lowest BCUT2D eigenvalue weighted by Crippen LogP contribution is -2.05. The Morgan fingerprint density at radius 1 is 1.22 bits per heavy atom. The number of halogens is 1. The van der Waals surface area contributed by atoms with Gasteiger partial charge < -0.3 is 5.73 Å². The van der Waals surface area contributed by atoms with Crippen LogP contribution in [0.1, 0.15) is 5.69 Å². The Hall–Kier alpha value is -1.95. The van der Waals surface area contributed by atoms with Gasteiger partial charge in [-0.25, -0.2) is 4.98 Å². The van der Waals surface area contributed by atoms with Crippen molar-refractivity contribution in [3.63, 3.8) is 0 Å². The lowest BCUT2D eigenvalue weighted by atomic mass is 10.1. The summed E-state index contributed by atoms with van der Waals surface area (Å²) in [4.78, 5) is 8.44. The highest BCUT2D eigenvalue weighted by Crippen LogP contribution is 2.29. The molecule has 0 radical (unpaired) electrons. The third kappa shape index (κ3) is 1.65. The highest BCUT2D eigenvalue weighted by Gasteiger charge is 2.13. The van der Waals surface area contributed by atoms with Crippen molar-refractivity contribution < 1.29 is 0 Å². The Morgan fingerprint density at radius 3 is 2.67 bits per heavy atom. The van der Waals surface area contributed by atoms with Gasteiger partial charge in [0.15, 0.2) is 0 Å². The Bertz CT molecular complexity index is 717. The minimum absolute atomic E-state index is 0.519. The molecule has 3 aromatic rings. The summed E-state index contributed by atoms with van der Waals surface area (Å²) in [7, 11) is 0. The number of nitrogens with two attached hydrogens (primary N) is 1. The number of nitrogen functional groups attached to an aromatic ring is 1. The fourth-order valence-electron chi connectivity index (χ4n) is 1.95. The first-order valence-corrected chi connectivity index (χ1v) is 6.18. The summed E-state index contributed by atoms with van der Waals surface area (Å²) in [5.41, 5.74) is 8.89. The molecule has 0 aliphatic heterocycles. The van der Waals surface area contributed by atoms with Crippen LogP contribution in [0.5, 0.6) is 0 Å². The molecule has 1 aromatic carbocycles.